The van der Waals surface area contributed by atoms with Gasteiger partial charge in [-0.3, -0.25) is 4.79 Å². The molecule has 3 fully saturated rings. The Morgan fingerprint density at radius 1 is 1.27 bits per heavy atom. The summed E-state index contributed by atoms with van der Waals surface area (Å²) >= 11 is 0. The predicted molar refractivity (Wildman–Crippen MR) is 60.1 cm³/mol. The quantitative estimate of drug-likeness (QED) is 0.601. The number of carbonyl (C=O) groups is 1. The van der Waals surface area contributed by atoms with E-state index in [1.54, 1.807) is 0 Å². The average Bonchev–Trinajstić information content (AvgIpc) is 2.75. The van der Waals surface area contributed by atoms with Crippen molar-refractivity contribution in [1.29, 1.82) is 0 Å². The first-order valence-electron chi connectivity index (χ1n) is 5.61. The molecule has 0 aromatic carbocycles. The van der Waals surface area contributed by atoms with Crippen molar-refractivity contribution >= 4 is 18.3 Å². The summed E-state index contributed by atoms with van der Waals surface area (Å²) in [7, 11) is 0. The van der Waals surface area contributed by atoms with E-state index in [1.165, 1.54) is 0 Å². The molecule has 0 spiro atoms. The van der Waals surface area contributed by atoms with Crippen molar-refractivity contribution in [2.24, 2.45) is 11.8 Å². The van der Waals surface area contributed by atoms with E-state index in [0.29, 0.717) is 6.04 Å². The molecule has 3 atom stereocenters. The Balaban J connectivity index is 0.000000853. The SMILES string of the molecule is Cl.O=C(NC1C2CNCC21)[C@H]1CCCN1. The molecule has 3 rings (SSSR count). The summed E-state index contributed by atoms with van der Waals surface area (Å²) in [6.45, 7) is 3.18. The molecule has 2 unspecified atom stereocenters. The van der Waals surface area contributed by atoms with Gasteiger partial charge in [0.05, 0.1) is 6.04 Å². The lowest BCUT2D eigenvalue weighted by Crippen LogP contribution is -2.43. The largest absolute Gasteiger partial charge is 0.351 e. The fourth-order valence-electron chi connectivity index (χ4n) is 2.81. The standard InChI is InChI=1S/C10H17N3O.ClH/c14-10(8-2-1-3-12-8)13-9-6-4-11-5-7(6)9;/h6-9,11-12H,1-5H2,(H,13,14);1H/t6?,7?,8-,9?;/m1./s1. The fourth-order valence-corrected chi connectivity index (χ4v) is 2.81. The van der Waals surface area contributed by atoms with Crippen molar-refractivity contribution in [3.63, 3.8) is 0 Å². The molecule has 0 aromatic rings. The van der Waals surface area contributed by atoms with E-state index in [2.05, 4.69) is 16.0 Å². The second kappa shape index (κ2) is 4.28. The van der Waals surface area contributed by atoms with Crippen LogP contribution in [0.15, 0.2) is 0 Å². The molecular weight excluding hydrogens is 214 g/mol. The Kier molecular flexibility index (Phi) is 3.19. The molecule has 4 nitrogen and oxygen atoms in total. The molecule has 2 saturated heterocycles. The summed E-state index contributed by atoms with van der Waals surface area (Å²) in [6.07, 6.45) is 2.14. The van der Waals surface area contributed by atoms with E-state index in [1.807, 2.05) is 0 Å². The summed E-state index contributed by atoms with van der Waals surface area (Å²) in [6, 6.07) is 0.565. The van der Waals surface area contributed by atoms with Crippen LogP contribution in [0.2, 0.25) is 0 Å². The third-order valence-corrected chi connectivity index (χ3v) is 3.78. The van der Waals surface area contributed by atoms with Gasteiger partial charge < -0.3 is 16.0 Å². The highest BCUT2D eigenvalue weighted by Gasteiger charge is 2.53. The summed E-state index contributed by atoms with van der Waals surface area (Å²) in [5.41, 5.74) is 0. The number of piperidine rings is 1. The minimum atomic E-state index is 0. The minimum Gasteiger partial charge on any atom is -0.351 e. The normalized spacial score (nSPS) is 41.9. The molecule has 3 N–H and O–H groups in total. The minimum absolute atomic E-state index is 0. The van der Waals surface area contributed by atoms with Crippen LogP contribution in [-0.4, -0.2) is 37.6 Å². The molecule has 3 aliphatic rings. The van der Waals surface area contributed by atoms with Crippen LogP contribution in [0.4, 0.5) is 0 Å². The van der Waals surface area contributed by atoms with Crippen molar-refractivity contribution in [2.45, 2.75) is 24.9 Å². The highest BCUT2D eigenvalue weighted by atomic mass is 35.5. The van der Waals surface area contributed by atoms with Crippen LogP contribution >= 0.6 is 12.4 Å². The first kappa shape index (κ1) is 11.2. The first-order valence-corrected chi connectivity index (χ1v) is 5.61. The van der Waals surface area contributed by atoms with E-state index in [0.717, 1.165) is 44.3 Å². The maximum Gasteiger partial charge on any atom is 0.237 e. The summed E-state index contributed by atoms with van der Waals surface area (Å²) in [5.74, 6) is 1.67. The monoisotopic (exact) mass is 231 g/mol. The molecule has 0 bridgehead atoms. The Morgan fingerprint density at radius 3 is 2.60 bits per heavy atom. The van der Waals surface area contributed by atoms with Gasteiger partial charge >= 0.3 is 0 Å². The van der Waals surface area contributed by atoms with Crippen LogP contribution in [0, 0.1) is 11.8 Å². The van der Waals surface area contributed by atoms with Crippen molar-refractivity contribution < 1.29 is 4.79 Å². The van der Waals surface area contributed by atoms with Gasteiger partial charge in [-0.2, -0.15) is 0 Å². The lowest BCUT2D eigenvalue weighted by molar-refractivity contribution is -0.123. The van der Waals surface area contributed by atoms with Gasteiger partial charge in [0.1, 0.15) is 0 Å². The molecule has 86 valence electrons. The highest BCUT2D eigenvalue weighted by molar-refractivity contribution is 5.85. The van der Waals surface area contributed by atoms with Crippen LogP contribution in [0.5, 0.6) is 0 Å². The lowest BCUT2D eigenvalue weighted by Gasteiger charge is -2.12. The average molecular weight is 232 g/mol. The number of nitrogens with one attached hydrogen (secondary N) is 3. The van der Waals surface area contributed by atoms with E-state index in [4.69, 9.17) is 0 Å². The van der Waals surface area contributed by atoms with Gasteiger partial charge in [-0.25, -0.2) is 0 Å². The van der Waals surface area contributed by atoms with Gasteiger partial charge in [-0.05, 0) is 31.2 Å². The maximum atomic E-state index is 11.7. The van der Waals surface area contributed by atoms with Crippen LogP contribution in [0.1, 0.15) is 12.8 Å². The maximum absolute atomic E-state index is 11.7. The van der Waals surface area contributed by atoms with E-state index in [-0.39, 0.29) is 24.4 Å². The predicted octanol–water partition coefficient (Wildman–Crippen LogP) is -0.506. The number of hydrogen-bond donors (Lipinski definition) is 3. The van der Waals surface area contributed by atoms with Gasteiger partial charge in [0.2, 0.25) is 5.91 Å². The molecule has 15 heavy (non-hydrogen) atoms. The van der Waals surface area contributed by atoms with E-state index in [9.17, 15) is 4.79 Å². The van der Waals surface area contributed by atoms with Crippen molar-refractivity contribution in [3.05, 3.63) is 0 Å². The topological polar surface area (TPSA) is 53.2 Å². The van der Waals surface area contributed by atoms with Gasteiger partial charge in [-0.1, -0.05) is 0 Å². The number of rotatable bonds is 2. The zero-order valence-electron chi connectivity index (χ0n) is 8.66. The molecule has 2 aliphatic heterocycles. The Hall–Kier alpha value is -0.320. The molecule has 1 aliphatic carbocycles. The molecule has 1 amide bonds. The van der Waals surface area contributed by atoms with Crippen molar-refractivity contribution in [1.82, 2.24) is 16.0 Å². The number of fused-ring (bicyclic) bond motifs is 1. The Morgan fingerprint density at radius 2 is 2.00 bits per heavy atom. The van der Waals surface area contributed by atoms with Gasteiger partial charge in [0.15, 0.2) is 0 Å². The van der Waals surface area contributed by atoms with Crippen molar-refractivity contribution in [3.8, 4) is 0 Å². The molecule has 1 saturated carbocycles. The Labute approximate surface area is 96.0 Å². The van der Waals surface area contributed by atoms with Crippen LogP contribution in [0.3, 0.4) is 0 Å². The molecule has 2 heterocycles. The van der Waals surface area contributed by atoms with Gasteiger partial charge in [0, 0.05) is 19.1 Å². The summed E-state index contributed by atoms with van der Waals surface area (Å²) in [4.78, 5) is 11.7. The van der Waals surface area contributed by atoms with Gasteiger partial charge in [0.25, 0.3) is 0 Å². The van der Waals surface area contributed by atoms with Crippen LogP contribution in [-0.2, 0) is 4.79 Å². The number of carbonyl (C=O) groups excluding carboxylic acids is 1. The lowest BCUT2D eigenvalue weighted by atomic mass is 10.2. The van der Waals surface area contributed by atoms with Gasteiger partial charge in [-0.15, -0.1) is 12.4 Å². The smallest absolute Gasteiger partial charge is 0.237 e. The zero-order valence-corrected chi connectivity index (χ0v) is 9.48. The molecular formula is C10H18ClN3O. The summed E-state index contributed by atoms with van der Waals surface area (Å²) < 4.78 is 0. The molecule has 0 aromatic heterocycles. The summed E-state index contributed by atoms with van der Waals surface area (Å²) in [5, 5.41) is 9.71. The first-order chi connectivity index (χ1) is 6.86. The highest BCUT2D eigenvalue weighted by Crippen LogP contribution is 2.41. The van der Waals surface area contributed by atoms with E-state index >= 15 is 0 Å². The molecule has 0 radical (unpaired) electrons. The molecule has 5 heteroatoms. The number of amides is 1. The zero-order chi connectivity index (χ0) is 9.54. The third-order valence-electron chi connectivity index (χ3n) is 3.78. The van der Waals surface area contributed by atoms with E-state index < -0.39 is 0 Å². The third kappa shape index (κ3) is 1.98. The second-order valence-corrected chi connectivity index (χ2v) is 4.67. The number of hydrogen-bond acceptors (Lipinski definition) is 3. The fraction of sp³-hybridized carbons (Fsp3) is 0.900. The van der Waals surface area contributed by atoms with Crippen LogP contribution < -0.4 is 16.0 Å². The Bertz CT molecular complexity index is 245. The van der Waals surface area contributed by atoms with Crippen LogP contribution in [0.25, 0.3) is 0 Å². The number of halogens is 1. The second-order valence-electron chi connectivity index (χ2n) is 4.67. The van der Waals surface area contributed by atoms with Crippen molar-refractivity contribution in [2.75, 3.05) is 19.6 Å².